The van der Waals surface area contributed by atoms with Crippen LogP contribution < -0.4 is 0 Å². The van der Waals surface area contributed by atoms with Crippen molar-refractivity contribution in [2.75, 3.05) is 40.6 Å². The van der Waals surface area contributed by atoms with Gasteiger partial charge in [-0.05, 0) is 60.2 Å². The van der Waals surface area contributed by atoms with Crippen LogP contribution in [-0.4, -0.2) is 64.2 Å². The van der Waals surface area contributed by atoms with Crippen molar-refractivity contribution in [2.45, 2.75) is 37.3 Å². The topological polar surface area (TPSA) is 89.5 Å². The second kappa shape index (κ2) is 5.68. The standard InChI is InChI=1S/C26H32O8/c1-29-21(27)25-15-11-3-5-24(33-9-10-34-24)18(11)20-13(15)14-16(26(20,25)22(28)30-2)12-4-6-23(17(12)19(14)25)31-7-8-32-23/h11-20H,3-10H2,1-2H3/t11-,12+,13-,14-,15-,16+,17+,18-,19-,20+,25+,26+/m0/s1. The number of hydrogen-bond donors (Lipinski definition) is 0. The molecule has 0 unspecified atom stereocenters. The second-order valence-electron chi connectivity index (χ2n) is 12.5. The molecule has 2 saturated heterocycles. The zero-order valence-corrected chi connectivity index (χ0v) is 19.7. The summed E-state index contributed by atoms with van der Waals surface area (Å²) in [5.41, 5.74) is -1.70. The fraction of sp³-hybridized carbons (Fsp3) is 0.923. The molecule has 10 rings (SSSR count). The summed E-state index contributed by atoms with van der Waals surface area (Å²) in [4.78, 5) is 28.3. The van der Waals surface area contributed by atoms with E-state index < -0.39 is 22.4 Å². The molecule has 10 fully saturated rings. The number of carbonyl (C=O) groups excluding carboxylic acids is 2. The number of carbonyl (C=O) groups is 2. The normalized spacial score (nSPS) is 59.0. The minimum atomic E-state index is -0.849. The van der Waals surface area contributed by atoms with Crippen LogP contribution in [0.1, 0.15) is 25.7 Å². The molecule has 12 atom stereocenters. The van der Waals surface area contributed by atoms with E-state index in [4.69, 9.17) is 28.4 Å². The summed E-state index contributed by atoms with van der Waals surface area (Å²) in [5, 5.41) is 0. The Balaban J connectivity index is 1.29. The predicted octanol–water partition coefficient (Wildman–Crippen LogP) is 1.61. The van der Waals surface area contributed by atoms with Gasteiger partial charge in [-0.3, -0.25) is 9.59 Å². The monoisotopic (exact) mass is 472 g/mol. The average molecular weight is 473 g/mol. The molecule has 8 nitrogen and oxygen atoms in total. The van der Waals surface area contributed by atoms with Gasteiger partial charge in [-0.2, -0.15) is 0 Å². The Morgan fingerprint density at radius 1 is 0.618 bits per heavy atom. The van der Waals surface area contributed by atoms with Crippen LogP contribution in [-0.2, 0) is 38.0 Å². The van der Waals surface area contributed by atoms with Crippen LogP contribution in [0, 0.1) is 70.0 Å². The molecule has 0 radical (unpaired) electrons. The van der Waals surface area contributed by atoms with Gasteiger partial charge in [0.15, 0.2) is 11.6 Å². The van der Waals surface area contributed by atoms with E-state index in [9.17, 15) is 9.59 Å². The van der Waals surface area contributed by atoms with Crippen molar-refractivity contribution in [2.24, 2.45) is 70.0 Å². The highest BCUT2D eigenvalue weighted by Gasteiger charge is 3.03. The Bertz CT molecular complexity index is 934. The summed E-state index contributed by atoms with van der Waals surface area (Å²) in [6, 6.07) is 0. The number of hydrogen-bond acceptors (Lipinski definition) is 8. The first-order chi connectivity index (χ1) is 16.5. The lowest BCUT2D eigenvalue weighted by Crippen LogP contribution is -2.68. The molecule has 10 aliphatic rings. The van der Waals surface area contributed by atoms with Crippen molar-refractivity contribution >= 4 is 11.9 Å². The van der Waals surface area contributed by atoms with Gasteiger partial charge in [0.1, 0.15) is 0 Å². The van der Waals surface area contributed by atoms with E-state index in [-0.39, 0.29) is 47.4 Å². The summed E-state index contributed by atoms with van der Waals surface area (Å²) < 4.78 is 36.6. The van der Waals surface area contributed by atoms with E-state index >= 15 is 0 Å². The van der Waals surface area contributed by atoms with Crippen molar-refractivity contribution in [3.63, 3.8) is 0 Å². The molecule has 184 valence electrons. The van der Waals surface area contributed by atoms with Gasteiger partial charge < -0.3 is 28.4 Å². The quantitative estimate of drug-likeness (QED) is 0.560. The van der Waals surface area contributed by atoms with Crippen LogP contribution in [0.2, 0.25) is 0 Å². The van der Waals surface area contributed by atoms with Crippen molar-refractivity contribution in [3.8, 4) is 0 Å². The van der Waals surface area contributed by atoms with Gasteiger partial charge in [-0.1, -0.05) is 0 Å². The van der Waals surface area contributed by atoms with E-state index in [1.54, 1.807) is 0 Å². The summed E-state index contributed by atoms with van der Waals surface area (Å²) in [5.74, 6) is 0.347. The molecule has 2 heterocycles. The highest BCUT2D eigenvalue weighted by atomic mass is 16.7. The van der Waals surface area contributed by atoms with Crippen LogP contribution in [0.25, 0.3) is 0 Å². The Morgan fingerprint density at radius 3 is 1.35 bits per heavy atom. The number of rotatable bonds is 2. The van der Waals surface area contributed by atoms with Crippen LogP contribution in [0.5, 0.6) is 0 Å². The Labute approximate surface area is 198 Å². The van der Waals surface area contributed by atoms with Crippen LogP contribution in [0.3, 0.4) is 0 Å². The number of fused-ring (bicyclic) bond motifs is 4. The third kappa shape index (κ3) is 1.53. The molecule has 8 aliphatic carbocycles. The summed E-state index contributed by atoms with van der Waals surface area (Å²) in [7, 11) is 2.99. The van der Waals surface area contributed by atoms with Gasteiger partial charge in [0.05, 0.1) is 51.5 Å². The minimum absolute atomic E-state index is 0.0591. The minimum Gasteiger partial charge on any atom is -0.469 e. The summed E-state index contributed by atoms with van der Waals surface area (Å²) in [6.45, 7) is 2.43. The number of methoxy groups -OCH3 is 2. The molecular weight excluding hydrogens is 440 g/mol. The van der Waals surface area contributed by atoms with Crippen LogP contribution >= 0.6 is 0 Å². The van der Waals surface area contributed by atoms with E-state index in [2.05, 4.69) is 0 Å². The highest BCUT2D eigenvalue weighted by molar-refractivity contribution is 5.94. The van der Waals surface area contributed by atoms with Crippen molar-refractivity contribution in [1.82, 2.24) is 0 Å². The number of esters is 2. The second-order valence-corrected chi connectivity index (χ2v) is 12.5. The maximum absolute atomic E-state index is 14.2. The SMILES string of the molecule is COC(=O)[C@@]12[C@@H]3[C@H]4CCC5(OCCO5)[C@H]4[C@@H]4[C@H]3[C@@H]3[C@@H]1[C@@H]1[C@@H](CCC15OCCO5)[C@@H]3[C@]42C(=O)OC. The lowest BCUT2D eigenvalue weighted by atomic mass is 9.43. The van der Waals surface area contributed by atoms with Crippen molar-refractivity contribution in [1.29, 1.82) is 0 Å². The predicted molar refractivity (Wildman–Crippen MR) is 112 cm³/mol. The largest absolute Gasteiger partial charge is 0.469 e. The first-order valence-electron chi connectivity index (χ1n) is 13.3. The van der Waals surface area contributed by atoms with Gasteiger partial charge in [0.25, 0.3) is 0 Å². The van der Waals surface area contributed by atoms with Gasteiger partial charge in [-0.15, -0.1) is 0 Å². The van der Waals surface area contributed by atoms with E-state index in [1.165, 1.54) is 14.2 Å². The first-order valence-corrected chi connectivity index (χ1v) is 13.3. The lowest BCUT2D eigenvalue weighted by Gasteiger charge is -2.59. The molecule has 8 saturated carbocycles. The molecule has 0 aromatic carbocycles. The van der Waals surface area contributed by atoms with Gasteiger partial charge in [0, 0.05) is 24.7 Å². The highest BCUT2D eigenvalue weighted by Crippen LogP contribution is 2.98. The van der Waals surface area contributed by atoms with E-state index in [1.807, 2.05) is 0 Å². The zero-order valence-electron chi connectivity index (χ0n) is 19.7. The van der Waals surface area contributed by atoms with Crippen molar-refractivity contribution in [3.05, 3.63) is 0 Å². The number of ether oxygens (including phenoxy) is 6. The average Bonchev–Trinajstić information content (AvgIpc) is 3.69. The molecule has 0 amide bonds. The fourth-order valence-corrected chi connectivity index (χ4v) is 13.3. The molecule has 0 N–H and O–H groups in total. The first kappa shape index (κ1) is 19.9. The van der Waals surface area contributed by atoms with Crippen LogP contribution in [0.15, 0.2) is 0 Å². The van der Waals surface area contributed by atoms with E-state index in [0.29, 0.717) is 50.1 Å². The Kier molecular flexibility index (Phi) is 3.33. The lowest BCUT2D eigenvalue weighted by molar-refractivity contribution is -0.258. The van der Waals surface area contributed by atoms with Gasteiger partial charge in [0.2, 0.25) is 0 Å². The molecule has 8 bridgehead atoms. The molecule has 2 aliphatic heterocycles. The summed E-state index contributed by atoms with van der Waals surface area (Å²) in [6.07, 6.45) is 3.66. The fourth-order valence-electron chi connectivity index (χ4n) is 13.3. The third-order valence-electron chi connectivity index (χ3n) is 12.8. The third-order valence-corrected chi connectivity index (χ3v) is 12.8. The molecule has 0 aromatic heterocycles. The smallest absolute Gasteiger partial charge is 0.313 e. The Hall–Kier alpha value is -1.22. The maximum atomic E-state index is 14.2. The summed E-state index contributed by atoms with van der Waals surface area (Å²) >= 11 is 0. The van der Waals surface area contributed by atoms with Crippen LogP contribution in [0.4, 0.5) is 0 Å². The van der Waals surface area contributed by atoms with Crippen molar-refractivity contribution < 1.29 is 38.0 Å². The molecule has 0 aromatic rings. The molecular formula is C26H32O8. The van der Waals surface area contributed by atoms with Gasteiger partial charge >= 0.3 is 11.9 Å². The zero-order chi connectivity index (χ0) is 22.8. The molecule has 8 heteroatoms. The maximum Gasteiger partial charge on any atom is 0.313 e. The van der Waals surface area contributed by atoms with Gasteiger partial charge in [-0.25, -0.2) is 0 Å². The van der Waals surface area contributed by atoms with E-state index in [0.717, 1.165) is 25.7 Å². The molecule has 2 spiro atoms. The molecule has 34 heavy (non-hydrogen) atoms. The Morgan fingerprint density at radius 2 is 1.00 bits per heavy atom.